The van der Waals surface area contributed by atoms with E-state index in [9.17, 15) is 29.4 Å². The molecule has 0 atom stereocenters. The number of carbonyl (C=O) groups excluding carboxylic acids is 2. The monoisotopic (exact) mass is 855 g/mol. The fourth-order valence-corrected chi connectivity index (χ4v) is 8.05. The third-order valence-corrected chi connectivity index (χ3v) is 11.1. The summed E-state index contributed by atoms with van der Waals surface area (Å²) in [5.41, 5.74) is 4.79. The van der Waals surface area contributed by atoms with Gasteiger partial charge in [0.05, 0.1) is 27.2 Å². The van der Waals surface area contributed by atoms with E-state index in [2.05, 4.69) is 10.6 Å². The molecule has 0 unspecified atom stereocenters. The Hall–Kier alpha value is -7.15. The summed E-state index contributed by atoms with van der Waals surface area (Å²) in [5, 5.41) is 28.0. The highest BCUT2D eigenvalue weighted by molar-refractivity contribution is 6.41. The molecule has 8 rings (SSSR count). The predicted octanol–water partition coefficient (Wildman–Crippen LogP) is 8.05. The van der Waals surface area contributed by atoms with E-state index in [1.807, 2.05) is 74.1 Å². The van der Waals surface area contributed by atoms with Crippen LogP contribution in [0.1, 0.15) is 31.1 Å². The zero-order chi connectivity index (χ0) is 43.3. The van der Waals surface area contributed by atoms with E-state index in [1.54, 1.807) is 42.5 Å². The first-order chi connectivity index (χ1) is 29.2. The van der Waals surface area contributed by atoms with Crippen LogP contribution in [0.2, 0.25) is 10.0 Å². The number of benzene rings is 6. The van der Waals surface area contributed by atoms with Crippen LogP contribution in [0.3, 0.4) is 0 Å². The molecule has 4 N–H and O–H groups in total. The Morgan fingerprint density at radius 3 is 2.02 bits per heavy atom. The van der Waals surface area contributed by atoms with Gasteiger partial charge in [-0.15, -0.1) is 0 Å². The summed E-state index contributed by atoms with van der Waals surface area (Å²) in [6.07, 6.45) is 0. The number of nitrogens with zero attached hydrogens (tertiary/aromatic N) is 2. The maximum absolute atomic E-state index is 13.6. The van der Waals surface area contributed by atoms with Gasteiger partial charge in [-0.05, 0) is 66.2 Å². The lowest BCUT2D eigenvalue weighted by Crippen LogP contribution is -2.35. The van der Waals surface area contributed by atoms with Crippen LogP contribution in [0, 0.1) is 0 Å². The number of phenolic OH excluding ortho intramolecular Hbond substituents is 1. The Labute approximate surface area is 358 Å². The van der Waals surface area contributed by atoms with Gasteiger partial charge >= 0.3 is 5.97 Å². The van der Waals surface area contributed by atoms with Crippen molar-refractivity contribution in [2.24, 2.45) is 0 Å². The Morgan fingerprint density at radius 2 is 1.33 bits per heavy atom. The number of halogens is 2. The zero-order valence-electron chi connectivity index (χ0n) is 33.2. The van der Waals surface area contributed by atoms with Gasteiger partial charge in [0.1, 0.15) is 42.5 Å². The normalized spacial score (nSPS) is 11.3. The van der Waals surface area contributed by atoms with Crippen LogP contribution in [-0.4, -0.2) is 69.3 Å². The van der Waals surface area contributed by atoms with Crippen LogP contribution in [0.5, 0.6) is 5.75 Å². The second-order valence-corrected chi connectivity index (χ2v) is 15.6. The molecule has 306 valence electrons. The van der Waals surface area contributed by atoms with Crippen molar-refractivity contribution in [2.75, 3.05) is 46.2 Å². The largest absolute Gasteiger partial charge is 0.508 e. The number of hydrogen-bond acceptors (Lipinski definition) is 8. The molecule has 4 aliphatic rings. The van der Waals surface area contributed by atoms with Gasteiger partial charge in [-0.1, -0.05) is 35.3 Å². The molecule has 2 amide bonds. The number of hydrogen-bond donors (Lipinski definition) is 4. The second kappa shape index (κ2) is 16.1. The van der Waals surface area contributed by atoms with Crippen LogP contribution >= 0.6 is 23.2 Å². The Kier molecular flexibility index (Phi) is 10.7. The van der Waals surface area contributed by atoms with E-state index in [4.69, 9.17) is 32.0 Å². The SMILES string of the molecule is CN(C)c1ccc2c(-c3c(Cl)cc(C(=O)NCCNC(=O)c4ccc(-c5c6ccc(=O)cc-6oc6cc(O)ccc56)cc4)c(Cl)c3C(=O)O)c3ccc(=[N+](C)C)cc-3oc2c1. The number of aromatic hydroxyl groups is 1. The number of carboxylic acid groups (broad SMARTS) is 1. The minimum atomic E-state index is -1.38. The molecule has 0 spiro atoms. The molecule has 0 fully saturated rings. The highest BCUT2D eigenvalue weighted by atomic mass is 35.5. The van der Waals surface area contributed by atoms with E-state index in [1.165, 1.54) is 24.3 Å². The predicted molar refractivity (Wildman–Crippen MR) is 238 cm³/mol. The molecule has 0 saturated carbocycles. The Balaban J connectivity index is 1.03. The average Bonchev–Trinajstić information content (AvgIpc) is 3.23. The number of aromatic carboxylic acids is 1. The van der Waals surface area contributed by atoms with Crippen LogP contribution in [0.15, 0.2) is 117 Å². The summed E-state index contributed by atoms with van der Waals surface area (Å²) in [7, 11) is 7.60. The number of fused-ring (bicyclic) bond motifs is 4. The van der Waals surface area contributed by atoms with Gasteiger partial charge in [-0.3, -0.25) is 14.4 Å². The van der Waals surface area contributed by atoms with Crippen LogP contribution in [-0.2, 0) is 0 Å². The van der Waals surface area contributed by atoms with Crippen LogP contribution < -0.4 is 30.9 Å². The maximum Gasteiger partial charge on any atom is 0.337 e. The van der Waals surface area contributed by atoms with Crippen molar-refractivity contribution in [3.63, 3.8) is 0 Å². The molecule has 4 aromatic carbocycles. The lowest BCUT2D eigenvalue weighted by Gasteiger charge is -2.21. The van der Waals surface area contributed by atoms with Gasteiger partial charge in [-0.25, -0.2) is 9.37 Å². The molecule has 0 saturated heterocycles. The molecule has 0 bridgehead atoms. The standard InChI is InChI=1S/C47H36Cl2N4O8/c1-52(2)26-9-13-32-36(19-26)60-37-20-27(53(3)4)10-14-33(37)41(32)42-35(48)23-34(44(49)43(42)47(58)59)46(57)51-18-17-50-45(56)25-7-5-24(6-8-25)40-30-15-11-28(54)21-38(30)61-39-22-29(55)12-16-31(39)40/h5-16,19-23H,17-18H2,1-4H3,(H3-,50,51,54,55,56,57,58,59)/p+1. The number of amides is 2. The van der Waals surface area contributed by atoms with Gasteiger partial charge in [0, 0.05) is 101 Å². The lowest BCUT2D eigenvalue weighted by molar-refractivity contribution is 0.0697. The van der Waals surface area contributed by atoms with Crippen molar-refractivity contribution >= 4 is 68.6 Å². The fraction of sp³-hybridized carbons (Fsp3) is 0.128. The highest BCUT2D eigenvalue weighted by Crippen LogP contribution is 2.47. The number of carbonyl (C=O) groups is 3. The first-order valence-corrected chi connectivity index (χ1v) is 19.8. The van der Waals surface area contributed by atoms with E-state index in [-0.39, 0.29) is 51.0 Å². The molecule has 61 heavy (non-hydrogen) atoms. The molecule has 12 nitrogen and oxygen atoms in total. The smallest absolute Gasteiger partial charge is 0.337 e. The summed E-state index contributed by atoms with van der Waals surface area (Å²) in [6.45, 7) is 0.0199. The third-order valence-electron chi connectivity index (χ3n) is 10.5. The minimum absolute atomic E-state index is 0.00920. The first-order valence-electron chi connectivity index (χ1n) is 19.0. The molecule has 2 heterocycles. The van der Waals surface area contributed by atoms with E-state index in [0.29, 0.717) is 55.7 Å². The summed E-state index contributed by atoms with van der Waals surface area (Å²) in [6, 6.07) is 28.6. The zero-order valence-corrected chi connectivity index (χ0v) is 34.7. The van der Waals surface area contributed by atoms with Crippen LogP contribution in [0.25, 0.3) is 66.8 Å². The molecular weight excluding hydrogens is 819 g/mol. The topological polar surface area (TPSA) is 165 Å². The van der Waals surface area contributed by atoms with Gasteiger partial charge < -0.3 is 34.6 Å². The number of rotatable bonds is 9. The van der Waals surface area contributed by atoms with Crippen LogP contribution in [0.4, 0.5) is 5.69 Å². The number of nitrogens with one attached hydrogen (secondary N) is 2. The molecule has 0 radical (unpaired) electrons. The second-order valence-electron chi connectivity index (χ2n) is 14.8. The van der Waals surface area contributed by atoms with Crippen molar-refractivity contribution in [3.05, 3.63) is 145 Å². The number of anilines is 1. The molecule has 0 aromatic heterocycles. The Bertz CT molecular complexity index is 3170. The van der Waals surface area contributed by atoms with E-state index < -0.39 is 17.8 Å². The molecule has 2 aliphatic carbocycles. The van der Waals surface area contributed by atoms with Crippen molar-refractivity contribution in [1.29, 1.82) is 0 Å². The third kappa shape index (κ3) is 7.63. The van der Waals surface area contributed by atoms with Gasteiger partial charge in [0.15, 0.2) is 5.43 Å². The van der Waals surface area contributed by atoms with Gasteiger partial charge in [-0.2, -0.15) is 0 Å². The minimum Gasteiger partial charge on any atom is -0.508 e. The summed E-state index contributed by atoms with van der Waals surface area (Å²) in [5.74, 6) is -1.61. The molecule has 14 heteroatoms. The quantitative estimate of drug-likeness (QED) is 0.0639. The van der Waals surface area contributed by atoms with E-state index >= 15 is 0 Å². The maximum atomic E-state index is 13.6. The number of carboxylic acids is 1. The first kappa shape index (κ1) is 40.6. The summed E-state index contributed by atoms with van der Waals surface area (Å²) in [4.78, 5) is 53.8. The van der Waals surface area contributed by atoms with Crippen molar-refractivity contribution in [1.82, 2.24) is 15.2 Å². The lowest BCUT2D eigenvalue weighted by atomic mass is 9.89. The summed E-state index contributed by atoms with van der Waals surface area (Å²) >= 11 is 13.8. The van der Waals surface area contributed by atoms with Gasteiger partial charge in [0.25, 0.3) is 11.8 Å². The van der Waals surface area contributed by atoms with Gasteiger partial charge in [0.2, 0.25) is 5.36 Å². The average molecular weight is 857 g/mol. The number of phenols is 1. The van der Waals surface area contributed by atoms with Crippen molar-refractivity contribution < 1.29 is 33.4 Å². The van der Waals surface area contributed by atoms with E-state index in [0.717, 1.165) is 22.2 Å². The van der Waals surface area contributed by atoms with Crippen molar-refractivity contribution in [2.45, 2.75) is 0 Å². The van der Waals surface area contributed by atoms with Crippen molar-refractivity contribution in [3.8, 4) is 50.7 Å². The Morgan fingerprint density at radius 1 is 0.705 bits per heavy atom. The summed E-state index contributed by atoms with van der Waals surface area (Å²) < 4.78 is 14.2. The molecule has 2 aliphatic heterocycles. The highest BCUT2D eigenvalue weighted by Gasteiger charge is 2.30. The molecular formula is C47H37Cl2N4O8+. The molecule has 4 aromatic rings. The fourth-order valence-electron chi connectivity index (χ4n) is 7.44.